The van der Waals surface area contributed by atoms with Crippen molar-refractivity contribution in [1.29, 1.82) is 0 Å². The molecule has 1 saturated heterocycles. The average Bonchev–Trinajstić information content (AvgIpc) is 2.55. The van der Waals surface area contributed by atoms with Crippen LogP contribution >= 0.6 is 0 Å². The minimum Gasteiger partial charge on any atom is -0.466 e. The summed E-state index contributed by atoms with van der Waals surface area (Å²) in [7, 11) is 0. The number of carbonyl (C=O) groups is 1. The van der Waals surface area contributed by atoms with Gasteiger partial charge in [0.1, 0.15) is 0 Å². The van der Waals surface area contributed by atoms with Crippen molar-refractivity contribution in [3.05, 3.63) is 42.0 Å². The Balaban J connectivity index is 1.72. The lowest BCUT2D eigenvalue weighted by atomic mass is 9.75. The van der Waals surface area contributed by atoms with Crippen LogP contribution in [0.15, 0.2) is 36.4 Å². The molecule has 2 fully saturated rings. The van der Waals surface area contributed by atoms with E-state index in [2.05, 4.69) is 29.2 Å². The van der Waals surface area contributed by atoms with Gasteiger partial charge in [-0.2, -0.15) is 0 Å². The van der Waals surface area contributed by atoms with Crippen LogP contribution in [0.5, 0.6) is 0 Å². The molecule has 1 aromatic carbocycles. The summed E-state index contributed by atoms with van der Waals surface area (Å²) in [5.74, 6) is -0.00765. The topological polar surface area (TPSA) is 29.5 Å². The lowest BCUT2D eigenvalue weighted by Gasteiger charge is -2.46. The summed E-state index contributed by atoms with van der Waals surface area (Å²) in [6.45, 7) is 4.36. The number of carbonyl (C=O) groups excluding carboxylic acids is 1. The number of rotatable bonds is 6. The standard InChI is InChI=1S/C21H29NO2/c1-2-24-20(23)21(14-7-11-18-9-4-3-5-10-18)15-8-16-22(17-21)19-12-6-13-19/h3-5,7,9-11,19H,2,6,8,12-17H2,1H3/b11-7+/t21-/m1/s1. The first-order chi connectivity index (χ1) is 11.7. The number of ether oxygens (including phenoxy) is 1. The van der Waals surface area contributed by atoms with Gasteiger partial charge in [0, 0.05) is 12.6 Å². The van der Waals surface area contributed by atoms with Crippen LogP contribution in [0.3, 0.4) is 0 Å². The molecule has 1 aliphatic carbocycles. The van der Waals surface area contributed by atoms with Gasteiger partial charge in [-0.15, -0.1) is 0 Å². The molecule has 1 saturated carbocycles. The molecule has 2 aliphatic rings. The molecule has 0 N–H and O–H groups in total. The van der Waals surface area contributed by atoms with Gasteiger partial charge in [-0.25, -0.2) is 0 Å². The number of benzene rings is 1. The molecule has 0 amide bonds. The van der Waals surface area contributed by atoms with Gasteiger partial charge in [0.2, 0.25) is 0 Å². The average molecular weight is 327 g/mol. The maximum absolute atomic E-state index is 12.8. The number of nitrogens with zero attached hydrogens (tertiary/aromatic N) is 1. The highest BCUT2D eigenvalue weighted by molar-refractivity contribution is 5.78. The molecule has 1 heterocycles. The fraction of sp³-hybridized carbons (Fsp3) is 0.571. The zero-order chi connectivity index (χ0) is 16.8. The third kappa shape index (κ3) is 3.89. The molecule has 1 atom stereocenters. The van der Waals surface area contributed by atoms with Gasteiger partial charge in [0.15, 0.2) is 0 Å². The fourth-order valence-electron chi connectivity index (χ4n) is 3.92. The maximum Gasteiger partial charge on any atom is 0.313 e. The third-order valence-corrected chi connectivity index (χ3v) is 5.52. The van der Waals surface area contributed by atoms with Crippen LogP contribution < -0.4 is 0 Å². The van der Waals surface area contributed by atoms with Gasteiger partial charge in [-0.05, 0) is 51.1 Å². The molecule has 0 aromatic heterocycles. The zero-order valence-electron chi connectivity index (χ0n) is 14.7. The van der Waals surface area contributed by atoms with Crippen LogP contribution in [0.2, 0.25) is 0 Å². The Bertz CT molecular complexity index is 564. The minimum atomic E-state index is -0.366. The van der Waals surface area contributed by atoms with Gasteiger partial charge in [-0.3, -0.25) is 9.69 Å². The molecule has 0 radical (unpaired) electrons. The molecule has 0 unspecified atom stereocenters. The lowest BCUT2D eigenvalue weighted by molar-refractivity contribution is -0.160. The molecule has 0 bridgehead atoms. The molecular formula is C21H29NO2. The molecule has 1 aromatic rings. The van der Waals surface area contributed by atoms with Crippen molar-refractivity contribution < 1.29 is 9.53 Å². The predicted molar refractivity (Wildman–Crippen MR) is 97.6 cm³/mol. The minimum absolute atomic E-state index is 0.00765. The van der Waals surface area contributed by atoms with Crippen LogP contribution in [0.4, 0.5) is 0 Å². The number of allylic oxidation sites excluding steroid dienone is 1. The van der Waals surface area contributed by atoms with E-state index in [0.29, 0.717) is 12.6 Å². The zero-order valence-corrected chi connectivity index (χ0v) is 14.7. The molecule has 3 heteroatoms. The molecule has 24 heavy (non-hydrogen) atoms. The van der Waals surface area contributed by atoms with Gasteiger partial charge >= 0.3 is 5.97 Å². The van der Waals surface area contributed by atoms with E-state index < -0.39 is 0 Å². The number of likely N-dealkylation sites (tertiary alicyclic amines) is 1. The van der Waals surface area contributed by atoms with Crippen molar-refractivity contribution in [3.63, 3.8) is 0 Å². The summed E-state index contributed by atoms with van der Waals surface area (Å²) in [5.41, 5.74) is 0.818. The Morgan fingerprint density at radius 3 is 2.75 bits per heavy atom. The maximum atomic E-state index is 12.8. The van der Waals surface area contributed by atoms with E-state index in [4.69, 9.17) is 4.74 Å². The highest BCUT2D eigenvalue weighted by Gasteiger charge is 2.44. The van der Waals surface area contributed by atoms with Crippen molar-refractivity contribution >= 4 is 12.0 Å². The van der Waals surface area contributed by atoms with Gasteiger partial charge in [-0.1, -0.05) is 48.9 Å². The van der Waals surface area contributed by atoms with Crippen LogP contribution in [0.25, 0.3) is 6.08 Å². The number of piperidine rings is 1. The van der Waals surface area contributed by atoms with Crippen LogP contribution in [0.1, 0.15) is 51.0 Å². The number of hydrogen-bond donors (Lipinski definition) is 0. The summed E-state index contributed by atoms with van der Waals surface area (Å²) in [6.07, 6.45) is 11.0. The second-order valence-electron chi connectivity index (χ2n) is 7.18. The Kier molecular flexibility index (Phi) is 5.72. The van der Waals surface area contributed by atoms with E-state index >= 15 is 0 Å². The predicted octanol–water partition coefficient (Wildman–Crippen LogP) is 4.29. The summed E-state index contributed by atoms with van der Waals surface area (Å²) in [6, 6.07) is 11.0. The van der Waals surface area contributed by atoms with Crippen molar-refractivity contribution in [2.24, 2.45) is 5.41 Å². The summed E-state index contributed by atoms with van der Waals surface area (Å²) >= 11 is 0. The SMILES string of the molecule is CCOC(=O)[C@]1(C/C=C/c2ccccc2)CCCN(C2CCC2)C1. The van der Waals surface area contributed by atoms with Crippen molar-refractivity contribution in [1.82, 2.24) is 4.90 Å². The highest BCUT2D eigenvalue weighted by atomic mass is 16.5. The first-order valence-corrected chi connectivity index (χ1v) is 9.36. The van der Waals surface area contributed by atoms with Crippen molar-refractivity contribution in [2.75, 3.05) is 19.7 Å². The lowest BCUT2D eigenvalue weighted by Crippen LogP contribution is -2.53. The first kappa shape index (κ1) is 17.2. The summed E-state index contributed by atoms with van der Waals surface area (Å²) in [5, 5.41) is 0. The number of esters is 1. The third-order valence-electron chi connectivity index (χ3n) is 5.52. The Labute approximate surface area is 145 Å². The molecule has 130 valence electrons. The Morgan fingerprint density at radius 1 is 1.29 bits per heavy atom. The largest absolute Gasteiger partial charge is 0.466 e. The van der Waals surface area contributed by atoms with Crippen LogP contribution in [-0.4, -0.2) is 36.6 Å². The quantitative estimate of drug-likeness (QED) is 0.730. The van der Waals surface area contributed by atoms with Crippen LogP contribution in [0, 0.1) is 5.41 Å². The molecular weight excluding hydrogens is 298 g/mol. The molecule has 3 nitrogen and oxygen atoms in total. The monoisotopic (exact) mass is 327 g/mol. The Morgan fingerprint density at radius 2 is 2.08 bits per heavy atom. The first-order valence-electron chi connectivity index (χ1n) is 9.36. The molecule has 0 spiro atoms. The normalized spacial score (nSPS) is 25.5. The van der Waals surface area contributed by atoms with E-state index in [1.807, 2.05) is 25.1 Å². The van der Waals surface area contributed by atoms with Crippen molar-refractivity contribution in [3.8, 4) is 0 Å². The summed E-state index contributed by atoms with van der Waals surface area (Å²) < 4.78 is 5.47. The van der Waals surface area contributed by atoms with E-state index in [1.54, 1.807) is 0 Å². The van der Waals surface area contributed by atoms with E-state index in [0.717, 1.165) is 32.4 Å². The van der Waals surface area contributed by atoms with E-state index in [-0.39, 0.29) is 11.4 Å². The second kappa shape index (κ2) is 7.98. The van der Waals surface area contributed by atoms with Crippen LogP contribution in [-0.2, 0) is 9.53 Å². The Hall–Kier alpha value is -1.61. The van der Waals surface area contributed by atoms with Gasteiger partial charge in [0.05, 0.1) is 12.0 Å². The smallest absolute Gasteiger partial charge is 0.313 e. The highest BCUT2D eigenvalue weighted by Crippen LogP contribution is 2.39. The van der Waals surface area contributed by atoms with Gasteiger partial charge < -0.3 is 4.74 Å². The summed E-state index contributed by atoms with van der Waals surface area (Å²) in [4.78, 5) is 15.3. The fourth-order valence-corrected chi connectivity index (χ4v) is 3.92. The van der Waals surface area contributed by atoms with E-state index in [1.165, 1.54) is 24.8 Å². The molecule has 3 rings (SSSR count). The van der Waals surface area contributed by atoms with Gasteiger partial charge in [0.25, 0.3) is 0 Å². The molecule has 1 aliphatic heterocycles. The second-order valence-corrected chi connectivity index (χ2v) is 7.18. The van der Waals surface area contributed by atoms with E-state index in [9.17, 15) is 4.79 Å². The van der Waals surface area contributed by atoms with Crippen molar-refractivity contribution in [2.45, 2.75) is 51.5 Å². The number of hydrogen-bond acceptors (Lipinski definition) is 3.